The predicted molar refractivity (Wildman–Crippen MR) is 87.8 cm³/mol. The molecule has 0 bridgehead atoms. The third kappa shape index (κ3) is 4.28. The van der Waals surface area contributed by atoms with Crippen molar-refractivity contribution in [3.63, 3.8) is 0 Å². The summed E-state index contributed by atoms with van der Waals surface area (Å²) >= 11 is 5.41. The lowest BCUT2D eigenvalue weighted by Gasteiger charge is -2.35. The number of rotatable bonds is 2. The average molecular weight is 345 g/mol. The maximum Gasteiger partial charge on any atom is 0.0701 e. The first-order valence-corrected chi connectivity index (χ1v) is 8.69. The molecule has 4 heteroatoms. The Bertz CT molecular complexity index is 411. The van der Waals surface area contributed by atoms with Crippen LogP contribution in [-0.4, -0.2) is 30.1 Å². The van der Waals surface area contributed by atoms with Crippen molar-refractivity contribution in [3.8, 4) is 0 Å². The third-order valence-corrected chi connectivity index (χ3v) is 5.63. The molecule has 0 saturated carbocycles. The molecule has 2 heterocycles. The molecule has 19 heavy (non-hydrogen) atoms. The molecule has 0 amide bonds. The lowest BCUT2D eigenvalue weighted by atomic mass is 9.86. The lowest BCUT2D eigenvalue weighted by molar-refractivity contribution is 0.158. The highest BCUT2D eigenvalue weighted by Crippen LogP contribution is 2.27. The molecule has 0 aliphatic carbocycles. The van der Waals surface area contributed by atoms with Crippen molar-refractivity contribution in [3.05, 3.63) is 20.8 Å². The Morgan fingerprint density at radius 3 is 2.74 bits per heavy atom. The first-order valence-electron chi connectivity index (χ1n) is 7.08. The molecule has 1 aromatic heterocycles. The Balaban J connectivity index is 2.07. The molecule has 0 aromatic carbocycles. The van der Waals surface area contributed by atoms with Crippen LogP contribution in [-0.2, 0) is 6.54 Å². The van der Waals surface area contributed by atoms with Gasteiger partial charge in [0.2, 0.25) is 0 Å². The lowest BCUT2D eigenvalue weighted by Crippen LogP contribution is -2.46. The molecule has 1 fully saturated rings. The molecule has 0 spiro atoms. The summed E-state index contributed by atoms with van der Waals surface area (Å²) in [7, 11) is 0. The van der Waals surface area contributed by atoms with Crippen LogP contribution in [0.3, 0.4) is 0 Å². The molecular formula is C15H25BrN2S. The van der Waals surface area contributed by atoms with Gasteiger partial charge in [0.15, 0.2) is 0 Å². The molecule has 108 valence electrons. The quantitative estimate of drug-likeness (QED) is 0.868. The standard InChI is InChI=1S/C15H25BrN2S/c1-11-7-8-17-13(15(2,3)4)10-18(11)9-12-5-6-14(16)19-12/h5-6,11,13,17H,7-10H2,1-4H3. The van der Waals surface area contributed by atoms with Crippen LogP contribution in [0.15, 0.2) is 15.9 Å². The minimum Gasteiger partial charge on any atom is -0.312 e. The molecule has 1 N–H and O–H groups in total. The van der Waals surface area contributed by atoms with Crippen molar-refractivity contribution in [1.82, 2.24) is 10.2 Å². The maximum atomic E-state index is 3.73. The van der Waals surface area contributed by atoms with Crippen LogP contribution in [0.1, 0.15) is 39.0 Å². The van der Waals surface area contributed by atoms with E-state index in [0.29, 0.717) is 17.5 Å². The van der Waals surface area contributed by atoms with Gasteiger partial charge in [0, 0.05) is 30.1 Å². The second-order valence-electron chi connectivity index (χ2n) is 6.65. The van der Waals surface area contributed by atoms with E-state index in [0.717, 1.165) is 19.6 Å². The topological polar surface area (TPSA) is 15.3 Å². The van der Waals surface area contributed by atoms with Gasteiger partial charge in [0.25, 0.3) is 0 Å². The van der Waals surface area contributed by atoms with E-state index < -0.39 is 0 Å². The van der Waals surface area contributed by atoms with E-state index in [1.54, 1.807) is 0 Å². The minimum absolute atomic E-state index is 0.318. The number of halogens is 1. The van der Waals surface area contributed by atoms with Gasteiger partial charge in [-0.3, -0.25) is 4.90 Å². The van der Waals surface area contributed by atoms with E-state index in [4.69, 9.17) is 0 Å². The van der Waals surface area contributed by atoms with Gasteiger partial charge in [0.1, 0.15) is 0 Å². The number of nitrogens with one attached hydrogen (secondary N) is 1. The van der Waals surface area contributed by atoms with Gasteiger partial charge >= 0.3 is 0 Å². The van der Waals surface area contributed by atoms with Crippen LogP contribution in [0.2, 0.25) is 0 Å². The molecule has 2 atom stereocenters. The second kappa shape index (κ2) is 6.25. The summed E-state index contributed by atoms with van der Waals surface area (Å²) < 4.78 is 1.23. The number of hydrogen-bond donors (Lipinski definition) is 1. The maximum absolute atomic E-state index is 3.73. The molecular weight excluding hydrogens is 320 g/mol. The summed E-state index contributed by atoms with van der Waals surface area (Å²) in [6, 6.07) is 5.62. The predicted octanol–water partition coefficient (Wildman–Crippen LogP) is 4.11. The van der Waals surface area contributed by atoms with Gasteiger partial charge in [-0.2, -0.15) is 0 Å². The highest BCUT2D eigenvalue weighted by molar-refractivity contribution is 9.11. The van der Waals surface area contributed by atoms with Gasteiger partial charge in [-0.1, -0.05) is 20.8 Å². The van der Waals surface area contributed by atoms with Crippen LogP contribution >= 0.6 is 27.3 Å². The Morgan fingerprint density at radius 2 is 2.16 bits per heavy atom. The zero-order valence-corrected chi connectivity index (χ0v) is 14.8. The fourth-order valence-electron chi connectivity index (χ4n) is 2.57. The molecule has 2 rings (SSSR count). The third-order valence-electron chi connectivity index (χ3n) is 4.03. The number of nitrogens with zero attached hydrogens (tertiary/aromatic N) is 1. The molecule has 1 saturated heterocycles. The van der Waals surface area contributed by atoms with Gasteiger partial charge in [-0.25, -0.2) is 0 Å². The fourth-order valence-corrected chi connectivity index (χ4v) is 4.07. The molecule has 0 radical (unpaired) electrons. The second-order valence-corrected chi connectivity index (χ2v) is 9.19. The highest BCUT2D eigenvalue weighted by Gasteiger charge is 2.30. The van der Waals surface area contributed by atoms with Gasteiger partial charge in [0.05, 0.1) is 3.79 Å². The van der Waals surface area contributed by atoms with Gasteiger partial charge < -0.3 is 5.32 Å². The number of thiophene rings is 1. The molecule has 1 aliphatic heterocycles. The van der Waals surface area contributed by atoms with Crippen molar-refractivity contribution in [2.24, 2.45) is 5.41 Å². The average Bonchev–Trinajstić information content (AvgIpc) is 2.60. The zero-order chi connectivity index (χ0) is 14.0. The SMILES string of the molecule is CC1CCNC(C(C)(C)C)CN1Cc1ccc(Br)s1. The summed E-state index contributed by atoms with van der Waals surface area (Å²) in [6.45, 7) is 12.7. The summed E-state index contributed by atoms with van der Waals surface area (Å²) in [6.07, 6.45) is 1.24. The molecule has 1 aliphatic rings. The van der Waals surface area contributed by atoms with E-state index >= 15 is 0 Å². The van der Waals surface area contributed by atoms with Crippen LogP contribution in [0.4, 0.5) is 0 Å². The first-order chi connectivity index (χ1) is 8.86. The molecule has 2 unspecified atom stereocenters. The summed E-state index contributed by atoms with van der Waals surface area (Å²) in [5.74, 6) is 0. The summed E-state index contributed by atoms with van der Waals surface area (Å²) in [4.78, 5) is 4.09. The molecule has 1 aromatic rings. The highest BCUT2D eigenvalue weighted by atomic mass is 79.9. The van der Waals surface area contributed by atoms with E-state index in [2.05, 4.69) is 66.0 Å². The van der Waals surface area contributed by atoms with Crippen LogP contribution in [0.25, 0.3) is 0 Å². The Morgan fingerprint density at radius 1 is 1.42 bits per heavy atom. The van der Waals surface area contributed by atoms with E-state index in [1.807, 2.05) is 11.3 Å². The zero-order valence-electron chi connectivity index (χ0n) is 12.4. The van der Waals surface area contributed by atoms with Gasteiger partial charge in [-0.05, 0) is 53.4 Å². The van der Waals surface area contributed by atoms with E-state index in [1.165, 1.54) is 15.1 Å². The Hall–Kier alpha value is 0.1000. The van der Waals surface area contributed by atoms with E-state index in [9.17, 15) is 0 Å². The van der Waals surface area contributed by atoms with Crippen LogP contribution in [0, 0.1) is 5.41 Å². The Kier molecular flexibility index (Phi) is 5.09. The monoisotopic (exact) mass is 344 g/mol. The van der Waals surface area contributed by atoms with Crippen LogP contribution < -0.4 is 5.32 Å². The van der Waals surface area contributed by atoms with Crippen molar-refractivity contribution < 1.29 is 0 Å². The van der Waals surface area contributed by atoms with Crippen molar-refractivity contribution in [2.75, 3.05) is 13.1 Å². The van der Waals surface area contributed by atoms with Gasteiger partial charge in [-0.15, -0.1) is 11.3 Å². The van der Waals surface area contributed by atoms with Crippen molar-refractivity contribution >= 4 is 27.3 Å². The minimum atomic E-state index is 0.318. The van der Waals surface area contributed by atoms with Crippen LogP contribution in [0.5, 0.6) is 0 Å². The first kappa shape index (κ1) is 15.5. The fraction of sp³-hybridized carbons (Fsp3) is 0.733. The van der Waals surface area contributed by atoms with Crippen molar-refractivity contribution in [2.45, 2.75) is 52.7 Å². The molecule has 2 nitrogen and oxygen atoms in total. The van der Waals surface area contributed by atoms with Crippen molar-refractivity contribution in [1.29, 1.82) is 0 Å². The summed E-state index contributed by atoms with van der Waals surface area (Å²) in [5.41, 5.74) is 0.318. The number of hydrogen-bond acceptors (Lipinski definition) is 3. The smallest absolute Gasteiger partial charge is 0.0701 e. The Labute approximate surface area is 129 Å². The largest absolute Gasteiger partial charge is 0.312 e. The normalized spacial score (nSPS) is 26.4. The van der Waals surface area contributed by atoms with E-state index in [-0.39, 0.29) is 0 Å². The summed E-state index contributed by atoms with van der Waals surface area (Å²) in [5, 5.41) is 3.73.